The molecular weight excluding hydrogens is 360 g/mol. The summed E-state index contributed by atoms with van der Waals surface area (Å²) in [5, 5.41) is 4.23. The summed E-state index contributed by atoms with van der Waals surface area (Å²) in [4.78, 5) is 2.51. The number of sulfonamides is 1. The summed E-state index contributed by atoms with van der Waals surface area (Å²) in [6.45, 7) is 1.90. The highest BCUT2D eigenvalue weighted by Crippen LogP contribution is 2.18. The van der Waals surface area contributed by atoms with E-state index in [-0.39, 0.29) is 4.90 Å². The lowest BCUT2D eigenvalue weighted by Crippen LogP contribution is -2.21. The molecule has 5 nitrogen and oxygen atoms in total. The second kappa shape index (κ2) is 8.05. The summed E-state index contributed by atoms with van der Waals surface area (Å²) in [5.41, 5.74) is 3.02. The Hall–Kier alpha value is -3.12. The summed E-state index contributed by atoms with van der Waals surface area (Å²) in [7, 11) is -2.19. The van der Waals surface area contributed by atoms with Crippen molar-refractivity contribution < 1.29 is 13.2 Å². The molecule has 3 rings (SSSR count). The number of benzene rings is 3. The van der Waals surface area contributed by atoms with Crippen LogP contribution < -0.4 is 9.57 Å². The van der Waals surface area contributed by atoms with Gasteiger partial charge in [0.2, 0.25) is 0 Å². The first-order valence-electron chi connectivity index (χ1n) is 8.35. The Bertz CT molecular complexity index is 1040. The van der Waals surface area contributed by atoms with Gasteiger partial charge in [-0.15, -0.1) is 0 Å². The highest BCUT2D eigenvalue weighted by molar-refractivity contribution is 7.89. The lowest BCUT2D eigenvalue weighted by molar-refractivity contribution is 0.414. The van der Waals surface area contributed by atoms with E-state index in [1.54, 1.807) is 31.4 Å². The standard InChI is InChI=1S/C21H20N2O3S/c1-16-11-13-20(14-12-16)27(24,25)23-22-21(17-7-4-3-5-8-17)18-9-6-10-19(15-18)26-2/h3-15,23H,1-2H3/b22-21-. The molecule has 0 spiro atoms. The van der Waals surface area contributed by atoms with Crippen molar-refractivity contribution in [3.8, 4) is 5.75 Å². The zero-order valence-electron chi connectivity index (χ0n) is 15.1. The van der Waals surface area contributed by atoms with Crippen LogP contribution in [0.3, 0.4) is 0 Å². The molecule has 3 aromatic rings. The maximum absolute atomic E-state index is 12.6. The molecule has 0 heterocycles. The van der Waals surface area contributed by atoms with E-state index in [2.05, 4.69) is 9.93 Å². The summed E-state index contributed by atoms with van der Waals surface area (Å²) in [6.07, 6.45) is 0. The molecule has 0 saturated carbocycles. The van der Waals surface area contributed by atoms with Crippen molar-refractivity contribution in [3.63, 3.8) is 0 Å². The quantitative estimate of drug-likeness (QED) is 0.523. The van der Waals surface area contributed by atoms with E-state index in [9.17, 15) is 8.42 Å². The lowest BCUT2D eigenvalue weighted by atomic mass is 10.0. The Morgan fingerprint density at radius 3 is 2.22 bits per heavy atom. The molecular formula is C21H20N2O3S. The van der Waals surface area contributed by atoms with Gasteiger partial charge in [-0.25, -0.2) is 0 Å². The van der Waals surface area contributed by atoms with Crippen LogP contribution >= 0.6 is 0 Å². The van der Waals surface area contributed by atoms with E-state index in [0.29, 0.717) is 11.5 Å². The zero-order chi connectivity index (χ0) is 19.3. The summed E-state index contributed by atoms with van der Waals surface area (Å²) in [5.74, 6) is 0.664. The Balaban J connectivity index is 2.01. The average molecular weight is 380 g/mol. The fourth-order valence-corrected chi connectivity index (χ4v) is 3.35. The number of ether oxygens (including phenoxy) is 1. The summed E-state index contributed by atoms with van der Waals surface area (Å²) in [6, 6.07) is 23.3. The number of hydrazone groups is 1. The molecule has 0 bridgehead atoms. The van der Waals surface area contributed by atoms with E-state index < -0.39 is 10.0 Å². The minimum Gasteiger partial charge on any atom is -0.497 e. The van der Waals surface area contributed by atoms with E-state index in [1.165, 1.54) is 0 Å². The molecule has 1 N–H and O–H groups in total. The Morgan fingerprint density at radius 2 is 1.56 bits per heavy atom. The van der Waals surface area contributed by atoms with Gasteiger partial charge in [0.15, 0.2) is 0 Å². The predicted octanol–water partition coefficient (Wildman–Crippen LogP) is 3.73. The maximum atomic E-state index is 12.6. The van der Waals surface area contributed by atoms with E-state index in [1.807, 2.05) is 61.5 Å². The summed E-state index contributed by atoms with van der Waals surface area (Å²) >= 11 is 0. The third-order valence-electron chi connectivity index (χ3n) is 4.00. The molecule has 0 aliphatic heterocycles. The number of aryl methyl sites for hydroxylation is 1. The van der Waals surface area contributed by atoms with E-state index in [0.717, 1.165) is 16.7 Å². The number of nitrogens with zero attached hydrogens (tertiary/aromatic N) is 1. The topological polar surface area (TPSA) is 67.8 Å². The zero-order valence-corrected chi connectivity index (χ0v) is 15.9. The molecule has 0 aliphatic rings. The first-order chi connectivity index (χ1) is 13.0. The normalized spacial score (nSPS) is 11.9. The van der Waals surface area contributed by atoms with Gasteiger partial charge in [0, 0.05) is 11.1 Å². The Labute approximate surface area is 159 Å². The number of rotatable bonds is 6. The Morgan fingerprint density at radius 1 is 0.889 bits per heavy atom. The highest BCUT2D eigenvalue weighted by atomic mass is 32.2. The fourth-order valence-electron chi connectivity index (χ4n) is 2.54. The largest absolute Gasteiger partial charge is 0.497 e. The van der Waals surface area contributed by atoms with Gasteiger partial charge < -0.3 is 4.74 Å². The molecule has 0 saturated heterocycles. The average Bonchev–Trinajstić information content (AvgIpc) is 2.69. The molecule has 0 aromatic heterocycles. The van der Waals surface area contributed by atoms with Crippen LogP contribution in [0.2, 0.25) is 0 Å². The van der Waals surface area contributed by atoms with Crippen LogP contribution in [0.5, 0.6) is 5.75 Å². The van der Waals surface area contributed by atoms with Gasteiger partial charge in [0.05, 0.1) is 17.7 Å². The van der Waals surface area contributed by atoms with Gasteiger partial charge in [-0.3, -0.25) is 0 Å². The molecule has 0 unspecified atom stereocenters. The molecule has 0 atom stereocenters. The smallest absolute Gasteiger partial charge is 0.276 e. The molecule has 27 heavy (non-hydrogen) atoms. The molecule has 0 aliphatic carbocycles. The highest BCUT2D eigenvalue weighted by Gasteiger charge is 2.15. The predicted molar refractivity (Wildman–Crippen MR) is 107 cm³/mol. The number of hydrogen-bond acceptors (Lipinski definition) is 4. The van der Waals surface area contributed by atoms with E-state index in [4.69, 9.17) is 4.74 Å². The number of hydrogen-bond donors (Lipinski definition) is 1. The van der Waals surface area contributed by atoms with E-state index >= 15 is 0 Å². The van der Waals surface area contributed by atoms with Gasteiger partial charge in [-0.2, -0.15) is 18.4 Å². The van der Waals surface area contributed by atoms with Crippen molar-refractivity contribution in [3.05, 3.63) is 95.6 Å². The van der Waals surface area contributed by atoms with Crippen molar-refractivity contribution in [1.29, 1.82) is 0 Å². The van der Waals surface area contributed by atoms with Crippen molar-refractivity contribution in [1.82, 2.24) is 4.83 Å². The minimum absolute atomic E-state index is 0.162. The fraction of sp³-hybridized carbons (Fsp3) is 0.0952. The lowest BCUT2D eigenvalue weighted by Gasteiger charge is -2.10. The number of methoxy groups -OCH3 is 1. The van der Waals surface area contributed by atoms with Gasteiger partial charge >= 0.3 is 0 Å². The third-order valence-corrected chi connectivity index (χ3v) is 5.22. The van der Waals surface area contributed by atoms with Crippen LogP contribution in [0.1, 0.15) is 16.7 Å². The van der Waals surface area contributed by atoms with Crippen LogP contribution in [0.4, 0.5) is 0 Å². The van der Waals surface area contributed by atoms with Gasteiger partial charge in [0.1, 0.15) is 5.75 Å². The van der Waals surface area contributed by atoms with Crippen molar-refractivity contribution in [2.75, 3.05) is 7.11 Å². The molecule has 0 fully saturated rings. The van der Waals surface area contributed by atoms with Crippen LogP contribution in [-0.2, 0) is 10.0 Å². The van der Waals surface area contributed by atoms with Gasteiger partial charge in [-0.1, -0.05) is 60.2 Å². The number of nitrogens with one attached hydrogen (secondary N) is 1. The molecule has 6 heteroatoms. The summed E-state index contributed by atoms with van der Waals surface area (Å²) < 4.78 is 30.5. The van der Waals surface area contributed by atoms with Crippen LogP contribution in [0.25, 0.3) is 0 Å². The first kappa shape index (κ1) is 18.7. The molecule has 0 radical (unpaired) electrons. The minimum atomic E-state index is -3.77. The third kappa shape index (κ3) is 4.54. The second-order valence-electron chi connectivity index (χ2n) is 5.97. The molecule has 3 aromatic carbocycles. The molecule has 138 valence electrons. The van der Waals surface area contributed by atoms with Crippen molar-refractivity contribution in [2.24, 2.45) is 5.10 Å². The van der Waals surface area contributed by atoms with Crippen LogP contribution in [0, 0.1) is 6.92 Å². The maximum Gasteiger partial charge on any atom is 0.276 e. The first-order valence-corrected chi connectivity index (χ1v) is 9.84. The Kier molecular flexibility index (Phi) is 5.57. The molecule has 0 amide bonds. The van der Waals surface area contributed by atoms with Crippen LogP contribution in [0.15, 0.2) is 88.9 Å². The van der Waals surface area contributed by atoms with Crippen molar-refractivity contribution in [2.45, 2.75) is 11.8 Å². The van der Waals surface area contributed by atoms with Crippen LogP contribution in [-0.4, -0.2) is 21.2 Å². The van der Waals surface area contributed by atoms with Crippen molar-refractivity contribution >= 4 is 15.7 Å². The second-order valence-corrected chi connectivity index (χ2v) is 7.63. The SMILES string of the molecule is COc1cccc(/C(=N\NS(=O)(=O)c2ccc(C)cc2)c2ccccc2)c1. The monoisotopic (exact) mass is 380 g/mol. The van der Waals surface area contributed by atoms with Gasteiger partial charge in [-0.05, 0) is 31.2 Å². The van der Waals surface area contributed by atoms with Gasteiger partial charge in [0.25, 0.3) is 10.0 Å².